The van der Waals surface area contributed by atoms with Crippen molar-refractivity contribution in [2.75, 3.05) is 20.6 Å². The van der Waals surface area contributed by atoms with Crippen LogP contribution in [-0.4, -0.2) is 37.4 Å². The van der Waals surface area contributed by atoms with Crippen LogP contribution in [0.15, 0.2) is 34.8 Å². The predicted octanol–water partition coefficient (Wildman–Crippen LogP) is -1.22. The monoisotopic (exact) mass is 218 g/mol. The predicted molar refractivity (Wildman–Crippen MR) is 60.3 cm³/mol. The molecule has 0 aromatic heterocycles. The summed E-state index contributed by atoms with van der Waals surface area (Å²) in [6, 6.07) is -0.0993. The van der Waals surface area contributed by atoms with E-state index in [-0.39, 0.29) is 11.8 Å². The Balaban J connectivity index is 2.22. The van der Waals surface area contributed by atoms with Gasteiger partial charge in [0.05, 0.1) is 18.9 Å². The van der Waals surface area contributed by atoms with Crippen LogP contribution in [0.3, 0.4) is 0 Å². The second-order valence-electron chi connectivity index (χ2n) is 4.78. The highest BCUT2D eigenvalue weighted by atomic mass is 16.1. The van der Waals surface area contributed by atoms with Crippen LogP contribution in [0, 0.1) is 0 Å². The molecule has 3 aliphatic rings. The van der Waals surface area contributed by atoms with Gasteiger partial charge in [0.15, 0.2) is 6.04 Å². The van der Waals surface area contributed by atoms with E-state index in [0.29, 0.717) is 5.70 Å². The normalized spacial score (nSPS) is 32.6. The molecule has 1 aliphatic carbocycles. The summed E-state index contributed by atoms with van der Waals surface area (Å²) < 4.78 is 0. The lowest BCUT2D eigenvalue weighted by molar-refractivity contribution is -0.831. The molecule has 84 valence electrons. The second kappa shape index (κ2) is 2.98. The van der Waals surface area contributed by atoms with Gasteiger partial charge >= 0.3 is 0 Å². The number of nitrogens with two attached hydrogens (primary N) is 1. The minimum absolute atomic E-state index is 0.0674. The Bertz CT molecular complexity index is 473. The quantitative estimate of drug-likeness (QED) is 0.536. The van der Waals surface area contributed by atoms with Gasteiger partial charge in [0.25, 0.3) is 0 Å². The maximum absolute atomic E-state index is 12.1. The maximum Gasteiger partial charge on any atom is 0.240 e. The molecule has 0 spiro atoms. The van der Waals surface area contributed by atoms with Crippen molar-refractivity contribution >= 4 is 5.78 Å². The van der Waals surface area contributed by atoms with E-state index in [4.69, 9.17) is 5.73 Å². The van der Waals surface area contributed by atoms with Gasteiger partial charge in [-0.25, -0.2) is 0 Å². The molecule has 16 heavy (non-hydrogen) atoms. The second-order valence-corrected chi connectivity index (χ2v) is 4.78. The lowest BCUT2D eigenvalue weighted by atomic mass is 9.86. The highest BCUT2D eigenvalue weighted by Gasteiger charge is 2.45. The standard InChI is InChI=1S/C12H15N3O/c1-14-4-3-7-6-15(2)11-10(7)9(14)5-8(13)12(11)16/h5-6,11H,3-4,13H2,1-2H3/p+1. The van der Waals surface area contributed by atoms with Crippen molar-refractivity contribution in [3.8, 4) is 0 Å². The molecule has 2 atom stereocenters. The molecule has 3 N–H and O–H groups in total. The summed E-state index contributed by atoms with van der Waals surface area (Å²) in [6.45, 7) is 1.00. The van der Waals surface area contributed by atoms with E-state index < -0.39 is 0 Å². The van der Waals surface area contributed by atoms with E-state index in [1.165, 1.54) is 11.1 Å². The number of likely N-dealkylation sites (N-methyl/N-ethyl adjacent to an activating group) is 2. The van der Waals surface area contributed by atoms with Crippen LogP contribution in [0.1, 0.15) is 6.42 Å². The van der Waals surface area contributed by atoms with Gasteiger partial charge in [-0.15, -0.1) is 0 Å². The Hall–Kier alpha value is -1.55. The van der Waals surface area contributed by atoms with Crippen LogP contribution in [0.2, 0.25) is 0 Å². The van der Waals surface area contributed by atoms with Crippen LogP contribution < -0.4 is 10.6 Å². The highest BCUT2D eigenvalue weighted by Crippen LogP contribution is 2.34. The van der Waals surface area contributed by atoms with Crippen LogP contribution in [0.25, 0.3) is 0 Å². The Morgan fingerprint density at radius 3 is 3.06 bits per heavy atom. The third kappa shape index (κ3) is 1.05. The van der Waals surface area contributed by atoms with Gasteiger partial charge in [-0.3, -0.25) is 9.69 Å². The van der Waals surface area contributed by atoms with Crippen LogP contribution in [0.4, 0.5) is 0 Å². The third-order valence-electron chi connectivity index (χ3n) is 3.73. The van der Waals surface area contributed by atoms with E-state index in [9.17, 15) is 4.79 Å². The number of hydrogen-bond acceptors (Lipinski definition) is 3. The topological polar surface area (TPSA) is 50.8 Å². The molecule has 2 unspecified atom stereocenters. The molecule has 2 heterocycles. The number of Topliss-reactive ketones (excluding diaryl/α,β-unsaturated/α-hetero) is 1. The summed E-state index contributed by atoms with van der Waals surface area (Å²) in [7, 11) is 4.08. The van der Waals surface area contributed by atoms with Gasteiger partial charge in [-0.2, -0.15) is 0 Å². The smallest absolute Gasteiger partial charge is 0.240 e. The average Bonchev–Trinajstić information content (AvgIpc) is 2.57. The van der Waals surface area contributed by atoms with Gasteiger partial charge in [-0.05, 0) is 12.5 Å². The van der Waals surface area contributed by atoms with Crippen molar-refractivity contribution in [1.82, 2.24) is 4.90 Å². The summed E-state index contributed by atoms with van der Waals surface area (Å²) >= 11 is 0. The van der Waals surface area contributed by atoms with Gasteiger partial charge in [-0.1, -0.05) is 0 Å². The van der Waals surface area contributed by atoms with Crippen molar-refractivity contribution in [2.24, 2.45) is 5.73 Å². The molecule has 0 saturated carbocycles. The fraction of sp³-hybridized carbons (Fsp3) is 0.417. The summed E-state index contributed by atoms with van der Waals surface area (Å²) in [5.74, 6) is 0.0674. The Kier molecular flexibility index (Phi) is 1.80. The Morgan fingerprint density at radius 1 is 1.56 bits per heavy atom. The largest absolute Gasteiger partial charge is 0.396 e. The van der Waals surface area contributed by atoms with Crippen LogP contribution in [-0.2, 0) is 4.79 Å². The number of nitrogens with one attached hydrogen (secondary N) is 1. The minimum Gasteiger partial charge on any atom is -0.396 e. The van der Waals surface area contributed by atoms with Crippen molar-refractivity contribution in [2.45, 2.75) is 12.5 Å². The summed E-state index contributed by atoms with van der Waals surface area (Å²) in [4.78, 5) is 15.4. The maximum atomic E-state index is 12.1. The molecule has 4 nitrogen and oxygen atoms in total. The summed E-state index contributed by atoms with van der Waals surface area (Å²) in [5.41, 5.74) is 9.87. The number of allylic oxidation sites excluding steroid dienone is 1. The molecule has 0 aromatic rings. The number of nitrogens with zero attached hydrogens (tertiary/aromatic N) is 1. The number of quaternary nitrogens is 1. The fourth-order valence-corrected chi connectivity index (χ4v) is 2.89. The van der Waals surface area contributed by atoms with E-state index in [0.717, 1.165) is 23.6 Å². The molecule has 2 aliphatic heterocycles. The zero-order valence-corrected chi connectivity index (χ0v) is 9.58. The molecule has 3 rings (SSSR count). The molecular weight excluding hydrogens is 202 g/mol. The van der Waals surface area contributed by atoms with Crippen molar-refractivity contribution in [1.29, 1.82) is 0 Å². The zero-order chi connectivity index (χ0) is 11.4. The summed E-state index contributed by atoms with van der Waals surface area (Å²) in [5, 5.41) is 0. The molecule has 0 saturated heterocycles. The van der Waals surface area contributed by atoms with Gasteiger partial charge in [0.1, 0.15) is 0 Å². The first-order valence-corrected chi connectivity index (χ1v) is 5.60. The van der Waals surface area contributed by atoms with E-state index in [2.05, 4.69) is 18.1 Å². The van der Waals surface area contributed by atoms with E-state index in [1.807, 2.05) is 13.1 Å². The number of hydrogen-bond donors (Lipinski definition) is 2. The van der Waals surface area contributed by atoms with Gasteiger partial charge < -0.3 is 10.6 Å². The van der Waals surface area contributed by atoms with Crippen LogP contribution in [0.5, 0.6) is 0 Å². The number of ketones is 1. The minimum atomic E-state index is -0.0993. The Labute approximate surface area is 94.7 Å². The highest BCUT2D eigenvalue weighted by molar-refractivity contribution is 6.03. The van der Waals surface area contributed by atoms with Crippen molar-refractivity contribution in [3.63, 3.8) is 0 Å². The van der Waals surface area contributed by atoms with Crippen LogP contribution >= 0.6 is 0 Å². The fourth-order valence-electron chi connectivity index (χ4n) is 2.89. The molecule has 0 radical (unpaired) electrons. The van der Waals surface area contributed by atoms with Crippen molar-refractivity contribution in [3.05, 3.63) is 34.8 Å². The molecule has 0 fully saturated rings. The first kappa shape index (κ1) is 9.66. The number of rotatable bonds is 0. The number of carbonyl (C=O) groups excluding carboxylic acids is 1. The first-order chi connectivity index (χ1) is 7.59. The van der Waals surface area contributed by atoms with E-state index in [1.54, 1.807) is 0 Å². The molecule has 0 bridgehead atoms. The third-order valence-corrected chi connectivity index (χ3v) is 3.73. The van der Waals surface area contributed by atoms with Gasteiger partial charge in [0, 0.05) is 30.4 Å². The van der Waals surface area contributed by atoms with Gasteiger partial charge in [0.2, 0.25) is 5.78 Å². The average molecular weight is 218 g/mol. The van der Waals surface area contributed by atoms with Crippen molar-refractivity contribution < 1.29 is 9.69 Å². The molecular formula is C12H16N3O+. The lowest BCUT2D eigenvalue weighted by Crippen LogP contribution is -3.08. The summed E-state index contributed by atoms with van der Waals surface area (Å²) in [6.07, 6.45) is 5.03. The Morgan fingerprint density at radius 2 is 2.31 bits per heavy atom. The SMILES string of the molecule is CN1CCC2=C[NH+](C)C3C(=O)C(N)=CC1=C23. The number of carbonyl (C=O) groups is 1. The van der Waals surface area contributed by atoms with E-state index >= 15 is 0 Å². The first-order valence-electron chi connectivity index (χ1n) is 5.60. The molecule has 4 heteroatoms. The molecule has 0 amide bonds. The lowest BCUT2D eigenvalue weighted by Gasteiger charge is -2.32. The molecule has 0 aromatic carbocycles. The zero-order valence-electron chi connectivity index (χ0n) is 9.58.